The van der Waals surface area contributed by atoms with Crippen LogP contribution in [0.3, 0.4) is 0 Å². The molecule has 7 nitrogen and oxygen atoms in total. The number of anilines is 1. The van der Waals surface area contributed by atoms with Crippen LogP contribution in [0.25, 0.3) is 0 Å². The lowest BCUT2D eigenvalue weighted by molar-refractivity contribution is -0.140. The van der Waals surface area contributed by atoms with Crippen LogP contribution >= 0.6 is 0 Å². The first-order chi connectivity index (χ1) is 19.8. The number of benzene rings is 4. The van der Waals surface area contributed by atoms with E-state index >= 15 is 0 Å². The van der Waals surface area contributed by atoms with Gasteiger partial charge in [-0.3, -0.25) is 13.9 Å². The Labute approximate surface area is 240 Å². The standard InChI is InChI=1S/C32H32FN3O4S/c1-2-34-32(38)30(22-25-12-6-3-7-13-25)35(23-26-18-20-27(33)21-19-26)31(37)24-36(28-14-8-4-9-15-28)41(39,40)29-16-10-5-11-17-29/h3-21,30H,2,22-24H2,1H3,(H,34,38). The van der Waals surface area contributed by atoms with E-state index in [9.17, 15) is 22.4 Å². The van der Waals surface area contributed by atoms with Crippen LogP contribution in [0.2, 0.25) is 0 Å². The summed E-state index contributed by atoms with van der Waals surface area (Å²) in [4.78, 5) is 29.0. The van der Waals surface area contributed by atoms with E-state index in [-0.39, 0.29) is 23.8 Å². The summed E-state index contributed by atoms with van der Waals surface area (Å²) in [5.41, 5.74) is 1.74. The molecule has 0 saturated carbocycles. The van der Waals surface area contributed by atoms with Crippen LogP contribution in [0.4, 0.5) is 10.1 Å². The highest BCUT2D eigenvalue weighted by molar-refractivity contribution is 7.92. The largest absolute Gasteiger partial charge is 0.355 e. The van der Waals surface area contributed by atoms with Crippen molar-refractivity contribution in [2.75, 3.05) is 17.4 Å². The molecule has 4 rings (SSSR count). The molecule has 0 aromatic heterocycles. The minimum Gasteiger partial charge on any atom is -0.355 e. The first-order valence-corrected chi connectivity index (χ1v) is 14.7. The molecule has 2 amide bonds. The van der Waals surface area contributed by atoms with Gasteiger partial charge in [0.25, 0.3) is 10.0 Å². The monoisotopic (exact) mass is 573 g/mol. The van der Waals surface area contributed by atoms with Gasteiger partial charge in [-0.1, -0.05) is 78.9 Å². The number of nitrogens with one attached hydrogen (secondary N) is 1. The molecular weight excluding hydrogens is 541 g/mol. The van der Waals surface area contributed by atoms with Crippen molar-refractivity contribution in [3.8, 4) is 0 Å². The Morgan fingerprint density at radius 2 is 1.34 bits per heavy atom. The van der Waals surface area contributed by atoms with E-state index < -0.39 is 34.3 Å². The fourth-order valence-corrected chi connectivity index (χ4v) is 5.91. The third-order valence-electron chi connectivity index (χ3n) is 6.54. The highest BCUT2D eigenvalue weighted by Gasteiger charge is 2.34. The van der Waals surface area contributed by atoms with Crippen molar-refractivity contribution < 1.29 is 22.4 Å². The number of likely N-dealkylation sites (N-methyl/N-ethyl adjacent to an activating group) is 1. The van der Waals surface area contributed by atoms with E-state index in [1.807, 2.05) is 30.3 Å². The number of hydrogen-bond donors (Lipinski definition) is 1. The average Bonchev–Trinajstić information content (AvgIpc) is 3.00. The maximum Gasteiger partial charge on any atom is 0.264 e. The number of carbonyl (C=O) groups excluding carboxylic acids is 2. The predicted molar refractivity (Wildman–Crippen MR) is 157 cm³/mol. The minimum atomic E-state index is -4.14. The molecule has 0 fully saturated rings. The SMILES string of the molecule is CCNC(=O)C(Cc1ccccc1)N(Cc1ccc(F)cc1)C(=O)CN(c1ccccc1)S(=O)(=O)c1ccccc1. The second kappa shape index (κ2) is 13.7. The Balaban J connectivity index is 1.76. The van der Waals surface area contributed by atoms with Gasteiger partial charge in [-0.2, -0.15) is 0 Å². The summed E-state index contributed by atoms with van der Waals surface area (Å²) in [5, 5.41) is 2.81. The van der Waals surface area contributed by atoms with Gasteiger partial charge in [-0.05, 0) is 54.4 Å². The zero-order chi connectivity index (χ0) is 29.2. The van der Waals surface area contributed by atoms with E-state index in [0.29, 0.717) is 17.8 Å². The Morgan fingerprint density at radius 1 is 0.780 bits per heavy atom. The van der Waals surface area contributed by atoms with Crippen LogP contribution < -0.4 is 9.62 Å². The molecule has 1 atom stereocenters. The van der Waals surface area contributed by atoms with Crippen LogP contribution in [-0.4, -0.2) is 44.3 Å². The molecule has 0 bridgehead atoms. The quantitative estimate of drug-likeness (QED) is 0.264. The fourth-order valence-electron chi connectivity index (χ4n) is 4.48. The summed E-state index contributed by atoms with van der Waals surface area (Å²) in [7, 11) is -4.14. The van der Waals surface area contributed by atoms with E-state index in [1.54, 1.807) is 67.6 Å². The topological polar surface area (TPSA) is 86.8 Å². The van der Waals surface area contributed by atoms with Crippen LogP contribution in [0, 0.1) is 5.82 Å². The zero-order valence-electron chi connectivity index (χ0n) is 22.7. The van der Waals surface area contributed by atoms with Gasteiger partial charge in [-0.15, -0.1) is 0 Å². The summed E-state index contributed by atoms with van der Waals surface area (Å²) in [5.74, 6) is -1.38. The first kappa shape index (κ1) is 29.5. The van der Waals surface area contributed by atoms with Gasteiger partial charge in [0.1, 0.15) is 18.4 Å². The molecule has 4 aromatic rings. The lowest BCUT2D eigenvalue weighted by Crippen LogP contribution is -2.53. The van der Waals surface area contributed by atoms with Gasteiger partial charge in [-0.25, -0.2) is 12.8 Å². The summed E-state index contributed by atoms with van der Waals surface area (Å²) in [6, 6.07) is 30.2. The molecule has 0 aliphatic carbocycles. The Kier molecular flexibility index (Phi) is 9.86. The van der Waals surface area contributed by atoms with Crippen molar-refractivity contribution in [2.24, 2.45) is 0 Å². The summed E-state index contributed by atoms with van der Waals surface area (Å²) in [6.07, 6.45) is 0.205. The molecule has 0 aliphatic heterocycles. The van der Waals surface area contributed by atoms with Crippen LogP contribution in [0.1, 0.15) is 18.1 Å². The summed E-state index contributed by atoms with van der Waals surface area (Å²) >= 11 is 0. The molecule has 0 spiro atoms. The molecular formula is C32H32FN3O4S. The Morgan fingerprint density at radius 3 is 1.93 bits per heavy atom. The van der Waals surface area contributed by atoms with E-state index in [4.69, 9.17) is 0 Å². The molecule has 41 heavy (non-hydrogen) atoms. The molecule has 1 N–H and O–H groups in total. The number of para-hydroxylation sites is 1. The fraction of sp³-hybridized carbons (Fsp3) is 0.188. The van der Waals surface area contributed by atoms with Crippen LogP contribution in [0.15, 0.2) is 120 Å². The number of halogens is 1. The smallest absolute Gasteiger partial charge is 0.264 e. The number of sulfonamides is 1. The van der Waals surface area contributed by atoms with Crippen molar-refractivity contribution in [3.63, 3.8) is 0 Å². The minimum absolute atomic E-state index is 0.0260. The molecule has 0 radical (unpaired) electrons. The average molecular weight is 574 g/mol. The van der Waals surface area contributed by atoms with Gasteiger partial charge in [0, 0.05) is 19.5 Å². The van der Waals surface area contributed by atoms with Crippen molar-refractivity contribution in [1.29, 1.82) is 0 Å². The highest BCUT2D eigenvalue weighted by atomic mass is 32.2. The van der Waals surface area contributed by atoms with Gasteiger partial charge in [0.05, 0.1) is 10.6 Å². The van der Waals surface area contributed by atoms with E-state index in [1.165, 1.54) is 29.2 Å². The zero-order valence-corrected chi connectivity index (χ0v) is 23.5. The maximum absolute atomic E-state index is 14.2. The highest BCUT2D eigenvalue weighted by Crippen LogP contribution is 2.25. The van der Waals surface area contributed by atoms with Crippen LogP contribution in [0.5, 0.6) is 0 Å². The van der Waals surface area contributed by atoms with E-state index in [2.05, 4.69) is 5.32 Å². The molecule has 0 heterocycles. The summed E-state index contributed by atoms with van der Waals surface area (Å²) < 4.78 is 42.4. The van der Waals surface area contributed by atoms with Gasteiger partial charge >= 0.3 is 0 Å². The number of amides is 2. The van der Waals surface area contributed by atoms with Gasteiger partial charge in [0.15, 0.2) is 0 Å². The number of nitrogens with zero attached hydrogens (tertiary/aromatic N) is 2. The Bertz CT molecular complexity index is 1530. The third-order valence-corrected chi connectivity index (χ3v) is 8.33. The van der Waals surface area contributed by atoms with Crippen molar-refractivity contribution >= 4 is 27.5 Å². The molecule has 0 aliphatic rings. The van der Waals surface area contributed by atoms with Gasteiger partial charge in [0.2, 0.25) is 11.8 Å². The molecule has 1 unspecified atom stereocenters. The number of hydrogen-bond acceptors (Lipinski definition) is 4. The molecule has 4 aromatic carbocycles. The number of rotatable bonds is 12. The lowest BCUT2D eigenvalue weighted by atomic mass is 10.0. The molecule has 0 saturated heterocycles. The molecule has 9 heteroatoms. The first-order valence-electron chi connectivity index (χ1n) is 13.3. The molecule has 212 valence electrons. The van der Waals surface area contributed by atoms with E-state index in [0.717, 1.165) is 9.87 Å². The van der Waals surface area contributed by atoms with Crippen molar-refractivity contribution in [1.82, 2.24) is 10.2 Å². The maximum atomic E-state index is 14.2. The normalized spacial score (nSPS) is 11.9. The lowest BCUT2D eigenvalue weighted by Gasteiger charge is -2.33. The van der Waals surface area contributed by atoms with Gasteiger partial charge < -0.3 is 10.2 Å². The second-order valence-electron chi connectivity index (χ2n) is 9.41. The summed E-state index contributed by atoms with van der Waals surface area (Å²) in [6.45, 7) is 1.56. The van der Waals surface area contributed by atoms with Crippen molar-refractivity contribution in [3.05, 3.63) is 132 Å². The second-order valence-corrected chi connectivity index (χ2v) is 11.3. The van der Waals surface area contributed by atoms with Crippen molar-refractivity contribution in [2.45, 2.75) is 30.8 Å². The predicted octanol–water partition coefficient (Wildman–Crippen LogP) is 4.80. The van der Waals surface area contributed by atoms with Crippen LogP contribution in [-0.2, 0) is 32.6 Å². The third kappa shape index (κ3) is 7.58. The number of carbonyl (C=O) groups is 2. The Hall–Kier alpha value is -4.50.